The third-order valence-corrected chi connectivity index (χ3v) is 2.81. The van der Waals surface area contributed by atoms with Crippen LogP contribution in [0, 0.1) is 13.8 Å². The molecule has 98 valence electrons. The van der Waals surface area contributed by atoms with Gasteiger partial charge in [-0.25, -0.2) is 0 Å². The Kier molecular flexibility index (Phi) is 4.62. The van der Waals surface area contributed by atoms with Crippen LogP contribution in [0.15, 0.2) is 12.1 Å². The maximum atomic E-state index is 11.2. The molecule has 4 nitrogen and oxygen atoms in total. The number of hydrogen-bond acceptors (Lipinski definition) is 4. The van der Waals surface area contributed by atoms with Gasteiger partial charge in [0.2, 0.25) is 0 Å². The van der Waals surface area contributed by atoms with Gasteiger partial charge in [0.15, 0.2) is 5.78 Å². The topological polar surface area (TPSA) is 63.6 Å². The first-order valence-corrected chi connectivity index (χ1v) is 5.74. The minimum Gasteiger partial charge on any atom is -0.461 e. The van der Waals surface area contributed by atoms with Crippen molar-refractivity contribution in [2.24, 2.45) is 0 Å². The van der Waals surface area contributed by atoms with Gasteiger partial charge in [0.25, 0.3) is 0 Å². The SMILES string of the molecule is CC(=O)OCc1cc(C)cc(C(O)C(C)=O)c1C. The van der Waals surface area contributed by atoms with Gasteiger partial charge in [-0.2, -0.15) is 0 Å². The summed E-state index contributed by atoms with van der Waals surface area (Å²) >= 11 is 0. The zero-order valence-electron chi connectivity index (χ0n) is 11.1. The predicted molar refractivity (Wildman–Crippen MR) is 67.0 cm³/mol. The summed E-state index contributed by atoms with van der Waals surface area (Å²) in [5.74, 6) is -0.660. The normalized spacial score (nSPS) is 12.1. The van der Waals surface area contributed by atoms with E-state index in [0.29, 0.717) is 5.56 Å². The molecule has 1 N–H and O–H groups in total. The zero-order chi connectivity index (χ0) is 13.9. The molecule has 1 atom stereocenters. The summed E-state index contributed by atoms with van der Waals surface area (Å²) in [4.78, 5) is 22.1. The second-order valence-corrected chi connectivity index (χ2v) is 4.43. The average Bonchev–Trinajstić information content (AvgIpc) is 2.28. The highest BCUT2D eigenvalue weighted by Crippen LogP contribution is 2.24. The maximum absolute atomic E-state index is 11.2. The van der Waals surface area contributed by atoms with Crippen molar-refractivity contribution in [3.05, 3.63) is 34.4 Å². The molecule has 4 heteroatoms. The van der Waals surface area contributed by atoms with Crippen LogP contribution in [0.25, 0.3) is 0 Å². The number of carbonyl (C=O) groups excluding carboxylic acids is 2. The first-order chi connectivity index (χ1) is 8.32. The second kappa shape index (κ2) is 5.78. The Balaban J connectivity index is 3.13. The Hall–Kier alpha value is -1.68. The van der Waals surface area contributed by atoms with E-state index in [1.165, 1.54) is 13.8 Å². The monoisotopic (exact) mass is 250 g/mol. The van der Waals surface area contributed by atoms with Crippen molar-refractivity contribution in [1.82, 2.24) is 0 Å². The number of esters is 1. The Morgan fingerprint density at radius 1 is 1.28 bits per heavy atom. The highest BCUT2D eigenvalue weighted by atomic mass is 16.5. The molecule has 1 rings (SSSR count). The van der Waals surface area contributed by atoms with Crippen molar-refractivity contribution in [3.8, 4) is 0 Å². The summed E-state index contributed by atoms with van der Waals surface area (Å²) in [5.41, 5.74) is 3.08. The van der Waals surface area contributed by atoms with Gasteiger partial charge in [0.1, 0.15) is 12.7 Å². The zero-order valence-corrected chi connectivity index (χ0v) is 11.1. The fourth-order valence-electron chi connectivity index (χ4n) is 1.80. The molecule has 0 aliphatic carbocycles. The number of ketones is 1. The number of aliphatic hydroxyl groups is 1. The minimum absolute atomic E-state index is 0.153. The lowest BCUT2D eigenvalue weighted by Crippen LogP contribution is -2.11. The molecule has 0 aliphatic rings. The molecule has 0 amide bonds. The number of aryl methyl sites for hydroxylation is 1. The van der Waals surface area contributed by atoms with Crippen LogP contribution >= 0.6 is 0 Å². The number of aliphatic hydroxyl groups excluding tert-OH is 1. The van der Waals surface area contributed by atoms with Gasteiger partial charge >= 0.3 is 5.97 Å². The first kappa shape index (κ1) is 14.4. The van der Waals surface area contributed by atoms with Gasteiger partial charge in [-0.15, -0.1) is 0 Å². The highest BCUT2D eigenvalue weighted by molar-refractivity contribution is 5.82. The molecule has 0 saturated heterocycles. The van der Waals surface area contributed by atoms with Crippen LogP contribution in [-0.4, -0.2) is 16.9 Å². The van der Waals surface area contributed by atoms with Gasteiger partial charge in [0.05, 0.1) is 0 Å². The minimum atomic E-state index is -1.12. The van der Waals surface area contributed by atoms with Crippen LogP contribution in [0.1, 0.15) is 42.2 Å². The van der Waals surface area contributed by atoms with E-state index in [2.05, 4.69) is 0 Å². The van der Waals surface area contributed by atoms with E-state index in [-0.39, 0.29) is 18.4 Å². The van der Waals surface area contributed by atoms with Gasteiger partial charge in [-0.3, -0.25) is 9.59 Å². The highest BCUT2D eigenvalue weighted by Gasteiger charge is 2.17. The molecule has 18 heavy (non-hydrogen) atoms. The quantitative estimate of drug-likeness (QED) is 0.830. The van der Waals surface area contributed by atoms with Crippen LogP contribution in [0.3, 0.4) is 0 Å². The van der Waals surface area contributed by atoms with E-state index in [1.54, 1.807) is 13.0 Å². The van der Waals surface area contributed by atoms with Crippen molar-refractivity contribution >= 4 is 11.8 Å². The number of benzene rings is 1. The molecular formula is C14H18O4. The van der Waals surface area contributed by atoms with Crippen molar-refractivity contribution in [3.63, 3.8) is 0 Å². The van der Waals surface area contributed by atoms with E-state index < -0.39 is 6.10 Å². The molecule has 0 spiro atoms. The Morgan fingerprint density at radius 3 is 2.39 bits per heavy atom. The lowest BCUT2D eigenvalue weighted by atomic mass is 9.94. The van der Waals surface area contributed by atoms with E-state index in [1.807, 2.05) is 13.0 Å². The van der Waals surface area contributed by atoms with E-state index in [4.69, 9.17) is 4.74 Å². The summed E-state index contributed by atoms with van der Waals surface area (Å²) in [6.45, 7) is 6.52. The lowest BCUT2D eigenvalue weighted by molar-refractivity contribution is -0.142. The summed E-state index contributed by atoms with van der Waals surface area (Å²) < 4.78 is 4.95. The fourth-order valence-corrected chi connectivity index (χ4v) is 1.80. The van der Waals surface area contributed by atoms with Crippen molar-refractivity contribution < 1.29 is 19.4 Å². The van der Waals surface area contributed by atoms with Crippen molar-refractivity contribution in [2.75, 3.05) is 0 Å². The predicted octanol–water partition coefficient (Wildman–Crippen LogP) is 1.99. The van der Waals surface area contributed by atoms with E-state index >= 15 is 0 Å². The molecule has 0 saturated carbocycles. The van der Waals surface area contributed by atoms with E-state index in [0.717, 1.165) is 16.7 Å². The molecule has 0 aliphatic heterocycles. The lowest BCUT2D eigenvalue weighted by Gasteiger charge is -2.16. The second-order valence-electron chi connectivity index (χ2n) is 4.43. The molecule has 1 aromatic carbocycles. The summed E-state index contributed by atoms with van der Waals surface area (Å²) in [7, 11) is 0. The van der Waals surface area contributed by atoms with Crippen LogP contribution in [0.4, 0.5) is 0 Å². The van der Waals surface area contributed by atoms with Gasteiger partial charge in [0, 0.05) is 6.92 Å². The third kappa shape index (κ3) is 3.40. The third-order valence-electron chi connectivity index (χ3n) is 2.81. The smallest absolute Gasteiger partial charge is 0.302 e. The number of Topliss-reactive ketones (excluding diaryl/α,β-unsaturated/α-hetero) is 1. The fraction of sp³-hybridized carbons (Fsp3) is 0.429. The molecule has 0 aromatic heterocycles. The average molecular weight is 250 g/mol. The van der Waals surface area contributed by atoms with Gasteiger partial charge in [-0.1, -0.05) is 17.7 Å². The maximum Gasteiger partial charge on any atom is 0.302 e. The first-order valence-electron chi connectivity index (χ1n) is 5.74. The van der Waals surface area contributed by atoms with Crippen LogP contribution in [-0.2, 0) is 20.9 Å². The summed E-state index contributed by atoms with van der Waals surface area (Å²) in [5, 5.41) is 9.85. The van der Waals surface area contributed by atoms with Gasteiger partial charge < -0.3 is 9.84 Å². The molecule has 0 bridgehead atoms. The number of hydrogen-bond donors (Lipinski definition) is 1. The van der Waals surface area contributed by atoms with Crippen molar-refractivity contribution in [1.29, 1.82) is 0 Å². The molecule has 1 unspecified atom stereocenters. The Labute approximate surface area is 107 Å². The summed E-state index contributed by atoms with van der Waals surface area (Å²) in [6.07, 6.45) is -1.12. The Morgan fingerprint density at radius 2 is 1.89 bits per heavy atom. The van der Waals surface area contributed by atoms with Crippen LogP contribution < -0.4 is 0 Å². The largest absolute Gasteiger partial charge is 0.461 e. The van der Waals surface area contributed by atoms with Gasteiger partial charge in [-0.05, 0) is 37.5 Å². The number of ether oxygens (including phenoxy) is 1. The number of carbonyl (C=O) groups is 2. The Bertz CT molecular complexity index is 477. The molecule has 1 aromatic rings. The van der Waals surface area contributed by atoms with E-state index in [9.17, 15) is 14.7 Å². The molecular weight excluding hydrogens is 232 g/mol. The van der Waals surface area contributed by atoms with Crippen LogP contribution in [0.5, 0.6) is 0 Å². The molecule has 0 fully saturated rings. The van der Waals surface area contributed by atoms with Crippen LogP contribution in [0.2, 0.25) is 0 Å². The summed E-state index contributed by atoms with van der Waals surface area (Å²) in [6, 6.07) is 3.66. The number of rotatable bonds is 4. The molecule has 0 heterocycles. The van der Waals surface area contributed by atoms with Crippen molar-refractivity contribution in [2.45, 2.75) is 40.4 Å². The molecule has 0 radical (unpaired) electrons. The standard InChI is InChI=1S/C14H18O4/c1-8-5-12(7-18-11(4)16)9(2)13(6-8)14(17)10(3)15/h5-6,14,17H,7H2,1-4H3.